The molecule has 2 aromatic carbocycles. The van der Waals surface area contributed by atoms with Gasteiger partial charge in [0.1, 0.15) is 11.4 Å². The Morgan fingerprint density at radius 3 is 2.08 bits per heavy atom. The zero-order valence-electron chi connectivity index (χ0n) is 14.0. The molecule has 0 unspecified atom stereocenters. The maximum absolute atomic E-state index is 12.5. The van der Waals surface area contributed by atoms with Gasteiger partial charge in [0.2, 0.25) is 0 Å². The van der Waals surface area contributed by atoms with Gasteiger partial charge in [-0.1, -0.05) is 67.6 Å². The minimum atomic E-state index is -3.47. The number of rotatable bonds is 8. The summed E-state index contributed by atoms with van der Waals surface area (Å²) in [6.07, 6.45) is -1.75. The summed E-state index contributed by atoms with van der Waals surface area (Å²) in [5, 5.41) is 9.68. The van der Waals surface area contributed by atoms with Gasteiger partial charge in [-0.05, 0) is 18.1 Å². The highest BCUT2D eigenvalue weighted by molar-refractivity contribution is 7.91. The summed E-state index contributed by atoms with van der Waals surface area (Å²) in [4.78, 5) is 0. The number of aliphatic hydroxyl groups is 1. The number of benzene rings is 2. The van der Waals surface area contributed by atoms with Crippen molar-refractivity contribution >= 4 is 9.84 Å². The maximum Gasteiger partial charge on any atom is 0.159 e. The molecule has 0 saturated heterocycles. The number of hydrogen-bond acceptors (Lipinski definition) is 4. The van der Waals surface area contributed by atoms with Crippen molar-refractivity contribution in [3.8, 4) is 0 Å². The zero-order chi connectivity index (χ0) is 17.6. The fraction of sp³-hybridized carbons (Fsp3) is 0.368. The fourth-order valence-electron chi connectivity index (χ4n) is 2.59. The molecule has 4 nitrogen and oxygen atoms in total. The van der Waals surface area contributed by atoms with E-state index in [1.54, 1.807) is 38.1 Å². The Kier molecular flexibility index (Phi) is 6.54. The molecule has 0 bridgehead atoms. The van der Waals surface area contributed by atoms with Gasteiger partial charge >= 0.3 is 0 Å². The molecule has 0 spiro atoms. The van der Waals surface area contributed by atoms with Gasteiger partial charge in [0.05, 0.1) is 12.7 Å². The van der Waals surface area contributed by atoms with E-state index in [-0.39, 0.29) is 5.75 Å². The average Bonchev–Trinajstić information content (AvgIpc) is 2.61. The standard InChI is InChI=1S/C19H24O4S/c1-3-24(21,22)19(17-12-8-5-9-13-17)18(20)15(2)23-14-16-10-6-4-7-11-16/h4-13,15,18-20H,3,14H2,1-2H3/t15-,18-,19+/m0/s1. The lowest BCUT2D eigenvalue weighted by molar-refractivity contribution is -0.0366. The molecule has 0 radical (unpaired) electrons. The van der Waals surface area contributed by atoms with E-state index in [4.69, 9.17) is 4.74 Å². The molecule has 3 atom stereocenters. The van der Waals surface area contributed by atoms with Gasteiger partial charge < -0.3 is 9.84 Å². The van der Waals surface area contributed by atoms with Crippen molar-refractivity contribution in [2.24, 2.45) is 0 Å². The quantitative estimate of drug-likeness (QED) is 0.796. The summed E-state index contributed by atoms with van der Waals surface area (Å²) in [7, 11) is -3.47. The van der Waals surface area contributed by atoms with Crippen LogP contribution in [0.25, 0.3) is 0 Å². The van der Waals surface area contributed by atoms with Gasteiger partial charge in [0.25, 0.3) is 0 Å². The monoisotopic (exact) mass is 348 g/mol. The summed E-state index contributed by atoms with van der Waals surface area (Å²) >= 11 is 0. The third-order valence-electron chi connectivity index (χ3n) is 4.06. The van der Waals surface area contributed by atoms with Crippen molar-refractivity contribution < 1.29 is 18.3 Å². The van der Waals surface area contributed by atoms with Crippen LogP contribution in [0.5, 0.6) is 0 Å². The Morgan fingerprint density at radius 1 is 1.00 bits per heavy atom. The van der Waals surface area contributed by atoms with E-state index < -0.39 is 27.3 Å². The van der Waals surface area contributed by atoms with Gasteiger partial charge in [-0.2, -0.15) is 0 Å². The number of hydrogen-bond donors (Lipinski definition) is 1. The molecule has 0 aromatic heterocycles. The van der Waals surface area contributed by atoms with Crippen molar-refractivity contribution in [3.05, 3.63) is 71.8 Å². The Bertz CT molecular complexity index is 714. The van der Waals surface area contributed by atoms with Crippen LogP contribution in [0.3, 0.4) is 0 Å². The van der Waals surface area contributed by atoms with Crippen LogP contribution in [0.4, 0.5) is 0 Å². The number of sulfone groups is 1. The first-order valence-corrected chi connectivity index (χ1v) is 9.77. The van der Waals surface area contributed by atoms with Gasteiger partial charge in [-0.25, -0.2) is 8.42 Å². The van der Waals surface area contributed by atoms with E-state index in [1.165, 1.54) is 0 Å². The van der Waals surface area contributed by atoms with E-state index in [2.05, 4.69) is 0 Å². The molecular formula is C19H24O4S. The average molecular weight is 348 g/mol. The fourth-order valence-corrected chi connectivity index (χ4v) is 4.16. The highest BCUT2D eigenvalue weighted by Gasteiger charge is 2.36. The Balaban J connectivity index is 2.16. The van der Waals surface area contributed by atoms with E-state index in [0.717, 1.165) is 5.56 Å². The minimum Gasteiger partial charge on any atom is -0.389 e. The summed E-state index contributed by atoms with van der Waals surface area (Å²) in [6.45, 7) is 3.62. The summed E-state index contributed by atoms with van der Waals surface area (Å²) < 4.78 is 30.7. The Morgan fingerprint density at radius 2 is 1.54 bits per heavy atom. The van der Waals surface area contributed by atoms with Gasteiger partial charge in [0, 0.05) is 5.75 Å². The molecule has 0 amide bonds. The topological polar surface area (TPSA) is 63.6 Å². The number of ether oxygens (including phenoxy) is 1. The van der Waals surface area contributed by atoms with Crippen molar-refractivity contribution in [1.29, 1.82) is 0 Å². The lowest BCUT2D eigenvalue weighted by Gasteiger charge is -2.27. The first-order valence-electron chi connectivity index (χ1n) is 8.06. The molecule has 0 aliphatic rings. The Labute approximate surface area is 144 Å². The van der Waals surface area contributed by atoms with Crippen molar-refractivity contribution in [3.63, 3.8) is 0 Å². The summed E-state index contributed by atoms with van der Waals surface area (Å²) in [6, 6.07) is 18.4. The molecule has 1 N–H and O–H groups in total. The predicted octanol–water partition coefficient (Wildman–Crippen LogP) is 3.13. The SMILES string of the molecule is CCS(=O)(=O)[C@H](c1ccccc1)[C@@H](O)[C@H](C)OCc1ccccc1. The molecule has 2 aromatic rings. The second kappa shape index (κ2) is 8.42. The van der Waals surface area contributed by atoms with Crippen LogP contribution in [0.15, 0.2) is 60.7 Å². The minimum absolute atomic E-state index is 0.0327. The molecule has 5 heteroatoms. The molecule has 2 rings (SSSR count). The molecule has 0 aliphatic carbocycles. The van der Waals surface area contributed by atoms with Gasteiger partial charge in [-0.15, -0.1) is 0 Å². The highest BCUT2D eigenvalue weighted by Crippen LogP contribution is 2.29. The van der Waals surface area contributed by atoms with Gasteiger partial charge in [-0.3, -0.25) is 0 Å². The second-order valence-corrected chi connectivity index (χ2v) is 8.19. The lowest BCUT2D eigenvalue weighted by atomic mass is 10.0. The first kappa shape index (κ1) is 18.6. The summed E-state index contributed by atoms with van der Waals surface area (Å²) in [5.74, 6) is -0.0327. The third kappa shape index (κ3) is 4.66. The third-order valence-corrected chi connectivity index (χ3v) is 6.19. The first-order chi connectivity index (χ1) is 11.5. The molecule has 0 aliphatic heterocycles. The van der Waals surface area contributed by atoms with Crippen LogP contribution in [-0.2, 0) is 21.2 Å². The smallest absolute Gasteiger partial charge is 0.159 e. The van der Waals surface area contributed by atoms with Crippen molar-refractivity contribution in [1.82, 2.24) is 0 Å². The van der Waals surface area contributed by atoms with Crippen LogP contribution >= 0.6 is 0 Å². The van der Waals surface area contributed by atoms with E-state index in [1.807, 2.05) is 36.4 Å². The van der Waals surface area contributed by atoms with E-state index in [9.17, 15) is 13.5 Å². The predicted molar refractivity (Wildman–Crippen MR) is 95.3 cm³/mol. The highest BCUT2D eigenvalue weighted by atomic mass is 32.2. The molecule has 130 valence electrons. The van der Waals surface area contributed by atoms with Gasteiger partial charge in [0.15, 0.2) is 9.84 Å². The number of aliphatic hydroxyl groups excluding tert-OH is 1. The van der Waals surface area contributed by atoms with E-state index in [0.29, 0.717) is 12.2 Å². The van der Waals surface area contributed by atoms with Crippen molar-refractivity contribution in [2.75, 3.05) is 5.75 Å². The van der Waals surface area contributed by atoms with E-state index >= 15 is 0 Å². The maximum atomic E-state index is 12.5. The summed E-state index contributed by atoms with van der Waals surface area (Å²) in [5.41, 5.74) is 1.56. The van der Waals surface area contributed by atoms with Crippen molar-refractivity contribution in [2.45, 2.75) is 37.9 Å². The molecule has 0 fully saturated rings. The lowest BCUT2D eigenvalue weighted by Crippen LogP contribution is -2.37. The van der Waals surface area contributed by atoms with Crippen LogP contribution < -0.4 is 0 Å². The zero-order valence-corrected chi connectivity index (χ0v) is 14.8. The molecule has 0 heterocycles. The molecular weight excluding hydrogens is 324 g/mol. The molecule has 0 saturated carbocycles. The van der Waals surface area contributed by atoms with Crippen LogP contribution in [0.1, 0.15) is 30.2 Å². The van der Waals surface area contributed by atoms with Crippen LogP contribution in [-0.4, -0.2) is 31.5 Å². The largest absolute Gasteiger partial charge is 0.389 e. The normalized spacial score (nSPS) is 15.6. The van der Waals surface area contributed by atoms with Crippen LogP contribution in [0, 0.1) is 0 Å². The second-order valence-electron chi connectivity index (χ2n) is 5.78. The molecule has 24 heavy (non-hydrogen) atoms. The Hall–Kier alpha value is -1.69. The van der Waals surface area contributed by atoms with Crippen LogP contribution in [0.2, 0.25) is 0 Å².